The van der Waals surface area contributed by atoms with E-state index in [1.54, 1.807) is 0 Å². The monoisotopic (exact) mass is 233 g/mol. The largest absolute Gasteiger partial charge is 0.302 e. The van der Waals surface area contributed by atoms with Crippen LogP contribution in [0.15, 0.2) is 0 Å². The third-order valence-electron chi connectivity index (χ3n) is 3.00. The van der Waals surface area contributed by atoms with Gasteiger partial charge >= 0.3 is 0 Å². The molecule has 2 heteroatoms. The van der Waals surface area contributed by atoms with Crippen LogP contribution in [-0.2, 0) is 0 Å². The van der Waals surface area contributed by atoms with E-state index in [4.69, 9.17) is 11.6 Å². The molecule has 0 saturated heterocycles. The van der Waals surface area contributed by atoms with Crippen LogP contribution in [-0.4, -0.2) is 30.4 Å². The zero-order chi connectivity index (χ0) is 11.5. The Labute approximate surface area is 101 Å². The van der Waals surface area contributed by atoms with Crippen LogP contribution in [0.3, 0.4) is 0 Å². The molecule has 1 nitrogen and oxygen atoms in total. The fourth-order valence-electron chi connectivity index (χ4n) is 2.01. The fourth-order valence-corrected chi connectivity index (χ4v) is 2.25. The highest BCUT2D eigenvalue weighted by Gasteiger charge is 2.11. The van der Waals surface area contributed by atoms with Gasteiger partial charge in [0, 0.05) is 19.0 Å². The third kappa shape index (κ3) is 8.10. The second kappa shape index (κ2) is 10.8. The minimum absolute atomic E-state index is 0.768. The van der Waals surface area contributed by atoms with Gasteiger partial charge in [-0.25, -0.2) is 0 Å². The average Bonchev–Trinajstić information content (AvgIpc) is 2.24. The number of rotatable bonds is 10. The SMILES string of the molecule is CCCCC(CC)CN(CCC)CCCl. The second-order valence-corrected chi connectivity index (χ2v) is 4.78. The normalized spacial score (nSPS) is 13.4. The van der Waals surface area contributed by atoms with E-state index in [1.807, 2.05) is 0 Å². The van der Waals surface area contributed by atoms with Gasteiger partial charge in [-0.05, 0) is 25.3 Å². The molecular weight excluding hydrogens is 206 g/mol. The highest BCUT2D eigenvalue weighted by atomic mass is 35.5. The van der Waals surface area contributed by atoms with Crippen molar-refractivity contribution >= 4 is 11.6 Å². The summed E-state index contributed by atoms with van der Waals surface area (Å²) in [7, 11) is 0. The molecule has 0 aliphatic heterocycles. The second-order valence-electron chi connectivity index (χ2n) is 4.41. The van der Waals surface area contributed by atoms with Crippen molar-refractivity contribution in [2.24, 2.45) is 5.92 Å². The molecule has 15 heavy (non-hydrogen) atoms. The molecule has 0 radical (unpaired) electrons. The Morgan fingerprint density at radius 3 is 2.27 bits per heavy atom. The lowest BCUT2D eigenvalue weighted by atomic mass is 9.98. The van der Waals surface area contributed by atoms with Gasteiger partial charge in [-0.2, -0.15) is 0 Å². The Morgan fingerprint density at radius 1 is 1.07 bits per heavy atom. The first-order chi connectivity index (χ1) is 7.28. The summed E-state index contributed by atoms with van der Waals surface area (Å²) in [4.78, 5) is 2.52. The maximum absolute atomic E-state index is 5.82. The molecule has 0 amide bonds. The van der Waals surface area contributed by atoms with Gasteiger partial charge in [-0.3, -0.25) is 0 Å². The molecule has 0 aliphatic carbocycles. The number of hydrogen-bond donors (Lipinski definition) is 0. The van der Waals surface area contributed by atoms with E-state index in [2.05, 4.69) is 25.7 Å². The first-order valence-corrected chi connectivity index (χ1v) is 7.10. The van der Waals surface area contributed by atoms with Crippen molar-refractivity contribution in [1.82, 2.24) is 4.90 Å². The number of nitrogens with zero attached hydrogens (tertiary/aromatic N) is 1. The van der Waals surface area contributed by atoms with Gasteiger partial charge in [0.1, 0.15) is 0 Å². The molecule has 1 atom stereocenters. The molecule has 0 aromatic carbocycles. The Bertz CT molecular complexity index is 122. The van der Waals surface area contributed by atoms with Gasteiger partial charge in [-0.1, -0.05) is 40.0 Å². The number of alkyl halides is 1. The van der Waals surface area contributed by atoms with E-state index in [9.17, 15) is 0 Å². The van der Waals surface area contributed by atoms with E-state index in [0.29, 0.717) is 0 Å². The van der Waals surface area contributed by atoms with Crippen molar-refractivity contribution in [3.63, 3.8) is 0 Å². The molecule has 0 N–H and O–H groups in total. The Kier molecular flexibility index (Phi) is 10.9. The fraction of sp³-hybridized carbons (Fsp3) is 1.00. The molecule has 0 fully saturated rings. The smallest absolute Gasteiger partial charge is 0.0351 e. The van der Waals surface area contributed by atoms with Gasteiger partial charge in [0.25, 0.3) is 0 Å². The van der Waals surface area contributed by atoms with E-state index >= 15 is 0 Å². The number of unbranched alkanes of at least 4 members (excludes halogenated alkanes) is 1. The van der Waals surface area contributed by atoms with Gasteiger partial charge in [0.15, 0.2) is 0 Å². The Morgan fingerprint density at radius 2 is 1.80 bits per heavy atom. The molecule has 0 rings (SSSR count). The summed E-state index contributed by atoms with van der Waals surface area (Å²) in [5.74, 6) is 1.64. The van der Waals surface area contributed by atoms with Gasteiger partial charge in [0.2, 0.25) is 0 Å². The first-order valence-electron chi connectivity index (χ1n) is 6.56. The third-order valence-corrected chi connectivity index (χ3v) is 3.17. The molecule has 92 valence electrons. The number of hydrogen-bond acceptors (Lipinski definition) is 1. The van der Waals surface area contributed by atoms with E-state index in [-0.39, 0.29) is 0 Å². The van der Waals surface area contributed by atoms with Crippen LogP contribution >= 0.6 is 11.6 Å². The lowest BCUT2D eigenvalue weighted by molar-refractivity contribution is 0.230. The summed E-state index contributed by atoms with van der Waals surface area (Å²) in [6.45, 7) is 10.3. The zero-order valence-corrected chi connectivity index (χ0v) is 11.5. The molecular formula is C13H28ClN. The van der Waals surface area contributed by atoms with Crippen molar-refractivity contribution in [2.75, 3.05) is 25.5 Å². The molecule has 0 aromatic heterocycles. The summed E-state index contributed by atoms with van der Waals surface area (Å²) in [6.07, 6.45) is 6.62. The standard InChI is InChI=1S/C13H28ClN/c1-4-7-8-13(6-3)12-15(10-5-2)11-9-14/h13H,4-12H2,1-3H3. The summed E-state index contributed by atoms with van der Waals surface area (Å²) >= 11 is 5.82. The average molecular weight is 234 g/mol. The van der Waals surface area contributed by atoms with E-state index < -0.39 is 0 Å². The Hall–Kier alpha value is 0.250. The quantitative estimate of drug-likeness (QED) is 0.513. The van der Waals surface area contributed by atoms with Crippen LogP contribution in [0.2, 0.25) is 0 Å². The molecule has 0 bridgehead atoms. The predicted octanol–water partition coefficient (Wildman–Crippen LogP) is 4.15. The zero-order valence-electron chi connectivity index (χ0n) is 10.8. The summed E-state index contributed by atoms with van der Waals surface area (Å²) in [6, 6.07) is 0. The van der Waals surface area contributed by atoms with Crippen molar-refractivity contribution in [3.8, 4) is 0 Å². The Balaban J connectivity index is 3.85. The minimum atomic E-state index is 0.768. The maximum atomic E-state index is 5.82. The summed E-state index contributed by atoms with van der Waals surface area (Å²) < 4.78 is 0. The van der Waals surface area contributed by atoms with Crippen molar-refractivity contribution in [3.05, 3.63) is 0 Å². The molecule has 0 heterocycles. The van der Waals surface area contributed by atoms with Crippen molar-refractivity contribution < 1.29 is 0 Å². The molecule has 0 aromatic rings. The maximum Gasteiger partial charge on any atom is 0.0351 e. The molecule has 1 unspecified atom stereocenters. The lowest BCUT2D eigenvalue weighted by Gasteiger charge is -2.25. The van der Waals surface area contributed by atoms with Gasteiger partial charge in [0.05, 0.1) is 0 Å². The molecule has 0 aliphatic rings. The minimum Gasteiger partial charge on any atom is -0.302 e. The van der Waals surface area contributed by atoms with Crippen LogP contribution in [0.25, 0.3) is 0 Å². The van der Waals surface area contributed by atoms with Crippen LogP contribution in [0.1, 0.15) is 52.9 Å². The van der Waals surface area contributed by atoms with Crippen LogP contribution in [0.5, 0.6) is 0 Å². The summed E-state index contributed by atoms with van der Waals surface area (Å²) in [5, 5.41) is 0. The highest BCUT2D eigenvalue weighted by molar-refractivity contribution is 6.18. The van der Waals surface area contributed by atoms with Crippen LogP contribution in [0, 0.1) is 5.92 Å². The van der Waals surface area contributed by atoms with Crippen LogP contribution in [0.4, 0.5) is 0 Å². The van der Waals surface area contributed by atoms with Crippen molar-refractivity contribution in [2.45, 2.75) is 52.9 Å². The topological polar surface area (TPSA) is 3.24 Å². The first kappa shape index (κ1) is 15.2. The molecule has 0 saturated carbocycles. The van der Waals surface area contributed by atoms with Gasteiger partial charge < -0.3 is 4.90 Å². The van der Waals surface area contributed by atoms with E-state index in [0.717, 1.165) is 18.3 Å². The lowest BCUT2D eigenvalue weighted by Crippen LogP contribution is -2.32. The number of halogens is 1. The predicted molar refractivity (Wildman–Crippen MR) is 70.8 cm³/mol. The highest BCUT2D eigenvalue weighted by Crippen LogP contribution is 2.14. The van der Waals surface area contributed by atoms with Crippen molar-refractivity contribution in [1.29, 1.82) is 0 Å². The van der Waals surface area contributed by atoms with Crippen LogP contribution < -0.4 is 0 Å². The molecule has 0 spiro atoms. The summed E-state index contributed by atoms with van der Waals surface area (Å²) in [5.41, 5.74) is 0. The van der Waals surface area contributed by atoms with Gasteiger partial charge in [-0.15, -0.1) is 11.6 Å². The van der Waals surface area contributed by atoms with E-state index in [1.165, 1.54) is 45.2 Å².